The highest BCUT2D eigenvalue weighted by Crippen LogP contribution is 2.36. The van der Waals surface area contributed by atoms with Gasteiger partial charge in [0.05, 0.1) is 0 Å². The van der Waals surface area contributed by atoms with E-state index in [1.54, 1.807) is 0 Å². The normalized spacial score (nSPS) is 12.8. The van der Waals surface area contributed by atoms with E-state index < -0.39 is 0 Å². The maximum atomic E-state index is 6.18. The van der Waals surface area contributed by atoms with Crippen molar-refractivity contribution in [1.29, 1.82) is 0 Å². The lowest BCUT2D eigenvalue weighted by Gasteiger charge is -2.19. The summed E-state index contributed by atoms with van der Waals surface area (Å²) in [5.74, 6) is 1.92. The second-order valence-electron chi connectivity index (χ2n) is 7.33. The first-order valence-electron chi connectivity index (χ1n) is 9.97. The summed E-state index contributed by atoms with van der Waals surface area (Å²) in [6, 6.07) is 20.7. The molecule has 0 unspecified atom stereocenters. The number of nitrogens with zero attached hydrogens (tertiary/aromatic N) is 2. The van der Waals surface area contributed by atoms with Crippen LogP contribution in [-0.4, -0.2) is 30.1 Å². The molecule has 4 heteroatoms. The fourth-order valence-electron chi connectivity index (χ4n) is 3.79. The Kier molecular flexibility index (Phi) is 5.88. The molecular formula is C24H27N3O. The number of nitrogens with one attached hydrogen (secondary N) is 1. The molecule has 1 aliphatic rings. The molecule has 0 fully saturated rings. The Morgan fingerprint density at radius 3 is 2.61 bits per heavy atom. The number of fused-ring (bicyclic) bond motifs is 1. The molecule has 2 aromatic carbocycles. The van der Waals surface area contributed by atoms with Gasteiger partial charge in [0.15, 0.2) is 0 Å². The van der Waals surface area contributed by atoms with Crippen molar-refractivity contribution in [1.82, 2.24) is 9.88 Å². The van der Waals surface area contributed by atoms with Crippen molar-refractivity contribution < 1.29 is 4.74 Å². The quantitative estimate of drug-likeness (QED) is 0.614. The summed E-state index contributed by atoms with van der Waals surface area (Å²) in [6.07, 6.45) is 5.17. The van der Waals surface area contributed by atoms with Crippen LogP contribution in [0.2, 0.25) is 0 Å². The van der Waals surface area contributed by atoms with Gasteiger partial charge in [-0.05, 0) is 67.3 Å². The van der Waals surface area contributed by atoms with Crippen molar-refractivity contribution in [3.63, 3.8) is 0 Å². The van der Waals surface area contributed by atoms with Crippen LogP contribution >= 0.6 is 0 Å². The van der Waals surface area contributed by atoms with Crippen LogP contribution in [0.15, 0.2) is 66.9 Å². The Morgan fingerprint density at radius 1 is 0.964 bits per heavy atom. The molecule has 1 N–H and O–H groups in total. The Labute approximate surface area is 167 Å². The lowest BCUT2D eigenvalue weighted by Crippen LogP contribution is -2.24. The molecular weight excluding hydrogens is 346 g/mol. The van der Waals surface area contributed by atoms with E-state index in [1.807, 2.05) is 24.4 Å². The first-order chi connectivity index (χ1) is 13.8. The largest absolute Gasteiger partial charge is 0.492 e. The number of rotatable bonds is 8. The monoisotopic (exact) mass is 373 g/mol. The van der Waals surface area contributed by atoms with Gasteiger partial charge >= 0.3 is 0 Å². The highest BCUT2D eigenvalue weighted by atomic mass is 16.5. The molecule has 0 spiro atoms. The van der Waals surface area contributed by atoms with Gasteiger partial charge in [-0.25, -0.2) is 4.98 Å². The second kappa shape index (κ2) is 8.89. The average molecular weight is 374 g/mol. The van der Waals surface area contributed by atoms with Gasteiger partial charge in [0.25, 0.3) is 0 Å². The van der Waals surface area contributed by atoms with Gasteiger partial charge in [-0.15, -0.1) is 0 Å². The molecule has 1 aromatic heterocycles. The topological polar surface area (TPSA) is 37.4 Å². The fraction of sp³-hybridized carbons (Fsp3) is 0.292. The molecule has 0 saturated heterocycles. The number of anilines is 2. The number of benzene rings is 2. The molecule has 1 heterocycles. The van der Waals surface area contributed by atoms with Crippen LogP contribution < -0.4 is 10.1 Å². The summed E-state index contributed by atoms with van der Waals surface area (Å²) < 4.78 is 6.18. The van der Waals surface area contributed by atoms with Crippen LogP contribution in [0, 0.1) is 0 Å². The Bertz CT molecular complexity index is 896. The molecule has 28 heavy (non-hydrogen) atoms. The molecule has 144 valence electrons. The molecule has 0 bridgehead atoms. The van der Waals surface area contributed by atoms with E-state index in [0.717, 1.165) is 43.2 Å². The third kappa shape index (κ3) is 4.52. The molecule has 4 nitrogen and oxygen atoms in total. The van der Waals surface area contributed by atoms with Gasteiger partial charge in [-0.1, -0.05) is 36.4 Å². The first kappa shape index (κ1) is 18.5. The van der Waals surface area contributed by atoms with Gasteiger partial charge in [-0.3, -0.25) is 4.90 Å². The smallest absolute Gasteiger partial charge is 0.130 e. The summed E-state index contributed by atoms with van der Waals surface area (Å²) in [4.78, 5) is 6.68. The first-order valence-corrected chi connectivity index (χ1v) is 9.97. The average Bonchev–Trinajstić information content (AvgIpc) is 3.22. The summed E-state index contributed by atoms with van der Waals surface area (Å²) in [5, 5.41) is 3.46. The Hall–Kier alpha value is -2.85. The van der Waals surface area contributed by atoms with Gasteiger partial charge in [0, 0.05) is 25.0 Å². The predicted octanol–water partition coefficient (Wildman–Crippen LogP) is 4.82. The number of hydrogen-bond donors (Lipinski definition) is 1. The molecule has 3 aromatic rings. The summed E-state index contributed by atoms with van der Waals surface area (Å²) in [5.41, 5.74) is 5.21. The molecule has 0 amide bonds. The van der Waals surface area contributed by atoms with E-state index in [0.29, 0.717) is 6.61 Å². The highest BCUT2D eigenvalue weighted by molar-refractivity contribution is 5.66. The zero-order valence-electron chi connectivity index (χ0n) is 16.4. The van der Waals surface area contributed by atoms with E-state index in [4.69, 9.17) is 4.74 Å². The number of aromatic nitrogens is 1. The summed E-state index contributed by atoms with van der Waals surface area (Å²) in [7, 11) is 2.14. The van der Waals surface area contributed by atoms with Crippen LogP contribution in [-0.2, 0) is 19.4 Å². The lowest BCUT2D eigenvalue weighted by molar-refractivity contribution is 0.231. The van der Waals surface area contributed by atoms with Crippen molar-refractivity contribution in [3.8, 4) is 5.75 Å². The minimum atomic E-state index is 0.697. The van der Waals surface area contributed by atoms with Crippen molar-refractivity contribution >= 4 is 11.5 Å². The van der Waals surface area contributed by atoms with Crippen LogP contribution in [0.25, 0.3) is 0 Å². The maximum absolute atomic E-state index is 6.18. The molecule has 4 rings (SSSR count). The third-order valence-corrected chi connectivity index (χ3v) is 5.20. The number of likely N-dealkylation sites (N-methyl/N-ethyl adjacent to an activating group) is 1. The van der Waals surface area contributed by atoms with Crippen molar-refractivity contribution in [2.75, 3.05) is 25.5 Å². The Morgan fingerprint density at radius 2 is 1.79 bits per heavy atom. The molecule has 0 radical (unpaired) electrons. The van der Waals surface area contributed by atoms with Crippen LogP contribution in [0.1, 0.15) is 23.1 Å². The molecule has 1 aliphatic carbocycles. The minimum Gasteiger partial charge on any atom is -0.492 e. The predicted molar refractivity (Wildman–Crippen MR) is 114 cm³/mol. The second-order valence-corrected chi connectivity index (χ2v) is 7.33. The van der Waals surface area contributed by atoms with E-state index in [-0.39, 0.29) is 0 Å². The Balaban J connectivity index is 1.37. The zero-order valence-corrected chi connectivity index (χ0v) is 16.4. The number of pyridine rings is 1. The van der Waals surface area contributed by atoms with E-state index >= 15 is 0 Å². The van der Waals surface area contributed by atoms with Crippen LogP contribution in [0.4, 0.5) is 11.5 Å². The number of ether oxygens (including phenoxy) is 1. The molecule has 0 atom stereocenters. The zero-order chi connectivity index (χ0) is 19.2. The van der Waals surface area contributed by atoms with Gasteiger partial charge in [0.1, 0.15) is 18.2 Å². The minimum absolute atomic E-state index is 0.697. The summed E-state index contributed by atoms with van der Waals surface area (Å²) >= 11 is 0. The van der Waals surface area contributed by atoms with Gasteiger partial charge < -0.3 is 10.1 Å². The third-order valence-electron chi connectivity index (χ3n) is 5.20. The van der Waals surface area contributed by atoms with Crippen molar-refractivity contribution in [2.24, 2.45) is 0 Å². The van der Waals surface area contributed by atoms with E-state index in [9.17, 15) is 0 Å². The van der Waals surface area contributed by atoms with E-state index in [1.165, 1.54) is 23.1 Å². The van der Waals surface area contributed by atoms with E-state index in [2.05, 4.69) is 64.7 Å². The highest BCUT2D eigenvalue weighted by Gasteiger charge is 2.20. The van der Waals surface area contributed by atoms with Gasteiger partial charge in [0.2, 0.25) is 0 Å². The van der Waals surface area contributed by atoms with Crippen molar-refractivity contribution in [2.45, 2.75) is 25.8 Å². The SMILES string of the molecule is CN(CCOc1ccc(Nc2ccccn2)c2c1CCC2)Cc1ccccc1. The van der Waals surface area contributed by atoms with Crippen LogP contribution in [0.3, 0.4) is 0 Å². The molecule has 0 saturated carbocycles. The van der Waals surface area contributed by atoms with Gasteiger partial charge in [-0.2, -0.15) is 0 Å². The van der Waals surface area contributed by atoms with Crippen molar-refractivity contribution in [3.05, 3.63) is 83.6 Å². The standard InChI is InChI=1S/C24H27N3O/c1-27(18-19-8-3-2-4-9-19)16-17-28-23-14-13-22(20-10-7-11-21(20)23)26-24-12-5-6-15-25-24/h2-6,8-9,12-15H,7,10-11,16-18H2,1H3,(H,25,26). The summed E-state index contributed by atoms with van der Waals surface area (Å²) in [6.45, 7) is 2.54. The number of hydrogen-bond acceptors (Lipinski definition) is 4. The van der Waals surface area contributed by atoms with Crippen LogP contribution in [0.5, 0.6) is 5.75 Å². The lowest BCUT2D eigenvalue weighted by atomic mass is 10.1. The maximum Gasteiger partial charge on any atom is 0.130 e. The fourth-order valence-corrected chi connectivity index (χ4v) is 3.79. The molecule has 0 aliphatic heterocycles.